The van der Waals surface area contributed by atoms with E-state index >= 15 is 0 Å². The summed E-state index contributed by atoms with van der Waals surface area (Å²) in [6.07, 6.45) is 8.64. The molecule has 1 aromatic carbocycles. The lowest BCUT2D eigenvalue weighted by atomic mass is 10.2. The summed E-state index contributed by atoms with van der Waals surface area (Å²) in [6.45, 7) is 3.40. The molecular formula is C17H21N3OS. The first-order valence-electron chi connectivity index (χ1n) is 7.54. The van der Waals surface area contributed by atoms with Crippen molar-refractivity contribution in [3.63, 3.8) is 0 Å². The predicted octanol–water partition coefficient (Wildman–Crippen LogP) is 3.07. The van der Waals surface area contributed by atoms with E-state index in [2.05, 4.69) is 33.8 Å². The minimum absolute atomic E-state index is 0.0601. The molecule has 0 aliphatic heterocycles. The molecule has 0 unspecified atom stereocenters. The second kappa shape index (κ2) is 8.50. The van der Waals surface area contributed by atoms with E-state index in [9.17, 15) is 4.79 Å². The van der Waals surface area contributed by atoms with Crippen molar-refractivity contribution in [1.29, 1.82) is 0 Å². The third kappa shape index (κ3) is 4.28. The largest absolute Gasteiger partial charge is 0.344 e. The van der Waals surface area contributed by atoms with E-state index < -0.39 is 0 Å². The highest BCUT2D eigenvalue weighted by Crippen LogP contribution is 2.24. The fraction of sp³-hybridized carbons (Fsp3) is 0.412. The van der Waals surface area contributed by atoms with Gasteiger partial charge in [0.25, 0.3) is 0 Å². The molecule has 1 heterocycles. The summed E-state index contributed by atoms with van der Waals surface area (Å²) in [5.41, 5.74) is 2.11. The molecule has 0 saturated carbocycles. The van der Waals surface area contributed by atoms with Crippen LogP contribution in [0.15, 0.2) is 29.4 Å². The van der Waals surface area contributed by atoms with Crippen molar-refractivity contribution in [2.45, 2.75) is 37.9 Å². The quantitative estimate of drug-likeness (QED) is 0.463. The van der Waals surface area contributed by atoms with Gasteiger partial charge >= 0.3 is 0 Å². The summed E-state index contributed by atoms with van der Waals surface area (Å²) in [5.74, 6) is 2.67. The van der Waals surface area contributed by atoms with Crippen LogP contribution in [0.4, 0.5) is 0 Å². The third-order valence-corrected chi connectivity index (χ3v) is 4.30. The molecule has 1 N–H and O–H groups in total. The molecule has 1 aromatic heterocycles. The summed E-state index contributed by atoms with van der Waals surface area (Å²) in [6, 6.07) is 8.10. The number of rotatable bonds is 8. The van der Waals surface area contributed by atoms with E-state index in [1.165, 1.54) is 24.6 Å². The number of hydrogen-bond donors (Lipinski definition) is 1. The number of thioether (sulfide) groups is 1. The first-order chi connectivity index (χ1) is 10.8. The van der Waals surface area contributed by atoms with Crippen LogP contribution in [0.5, 0.6) is 0 Å². The number of hydrogen-bond acceptors (Lipinski definition) is 3. The molecule has 0 bridgehead atoms. The number of para-hydroxylation sites is 2. The lowest BCUT2D eigenvalue weighted by molar-refractivity contribution is -0.118. The maximum absolute atomic E-state index is 11.7. The molecule has 0 aliphatic rings. The van der Waals surface area contributed by atoms with Crippen LogP contribution in [0, 0.1) is 12.3 Å². The normalized spacial score (nSPS) is 10.5. The van der Waals surface area contributed by atoms with Crippen LogP contribution in [0.25, 0.3) is 11.0 Å². The van der Waals surface area contributed by atoms with Gasteiger partial charge in [0.1, 0.15) is 0 Å². The zero-order chi connectivity index (χ0) is 15.8. The number of nitrogens with zero attached hydrogens (tertiary/aromatic N) is 2. The Morgan fingerprint density at radius 2 is 2.23 bits per heavy atom. The average molecular weight is 315 g/mol. The zero-order valence-electron chi connectivity index (χ0n) is 12.8. The number of amides is 1. The summed E-state index contributed by atoms with van der Waals surface area (Å²) in [7, 11) is 0. The Morgan fingerprint density at radius 1 is 1.41 bits per heavy atom. The standard InChI is InChI=1S/C17H21N3OS/c1-3-5-8-12-20-15-10-7-6-9-14(15)19-17(20)22-13-16(21)18-11-4-2/h2,6-7,9-10H,3,5,8,11-13H2,1H3,(H,18,21). The van der Waals surface area contributed by atoms with Crippen molar-refractivity contribution in [1.82, 2.24) is 14.9 Å². The van der Waals surface area contributed by atoms with Gasteiger partial charge in [0.05, 0.1) is 23.3 Å². The van der Waals surface area contributed by atoms with E-state index in [-0.39, 0.29) is 12.5 Å². The summed E-state index contributed by atoms with van der Waals surface area (Å²) < 4.78 is 2.21. The van der Waals surface area contributed by atoms with E-state index in [4.69, 9.17) is 6.42 Å². The summed E-state index contributed by atoms with van der Waals surface area (Å²) in [5, 5.41) is 3.57. The minimum atomic E-state index is -0.0601. The zero-order valence-corrected chi connectivity index (χ0v) is 13.7. The van der Waals surface area contributed by atoms with Crippen LogP contribution in [-0.2, 0) is 11.3 Å². The fourth-order valence-corrected chi connectivity index (χ4v) is 3.10. The van der Waals surface area contributed by atoms with Crippen molar-refractivity contribution in [2.75, 3.05) is 12.3 Å². The van der Waals surface area contributed by atoms with Crippen LogP contribution in [0.1, 0.15) is 26.2 Å². The second-order valence-corrected chi connectivity index (χ2v) is 5.95. The number of terminal acetylenes is 1. The van der Waals surface area contributed by atoms with Gasteiger partial charge in [-0.15, -0.1) is 6.42 Å². The van der Waals surface area contributed by atoms with Gasteiger partial charge in [0.15, 0.2) is 5.16 Å². The molecule has 22 heavy (non-hydrogen) atoms. The van der Waals surface area contributed by atoms with E-state index in [0.717, 1.165) is 29.2 Å². The van der Waals surface area contributed by atoms with Crippen LogP contribution in [0.3, 0.4) is 0 Å². The summed E-state index contributed by atoms with van der Waals surface area (Å²) >= 11 is 1.46. The number of benzene rings is 1. The number of imidazole rings is 1. The summed E-state index contributed by atoms with van der Waals surface area (Å²) in [4.78, 5) is 16.3. The van der Waals surface area contributed by atoms with Crippen LogP contribution in [0.2, 0.25) is 0 Å². The molecule has 5 heteroatoms. The number of unbranched alkanes of at least 4 members (excludes halogenated alkanes) is 2. The molecule has 1 amide bonds. The molecule has 0 atom stereocenters. The lowest BCUT2D eigenvalue weighted by Gasteiger charge is -2.08. The highest BCUT2D eigenvalue weighted by atomic mass is 32.2. The Balaban J connectivity index is 2.11. The van der Waals surface area contributed by atoms with E-state index in [1.807, 2.05) is 18.2 Å². The van der Waals surface area contributed by atoms with E-state index in [1.54, 1.807) is 0 Å². The molecule has 0 spiro atoms. The van der Waals surface area contributed by atoms with Crippen LogP contribution < -0.4 is 5.32 Å². The number of carbonyl (C=O) groups is 1. The number of carbonyl (C=O) groups excluding carboxylic acids is 1. The molecule has 0 saturated heterocycles. The van der Waals surface area contributed by atoms with Gasteiger partial charge in [-0.1, -0.05) is 49.6 Å². The highest BCUT2D eigenvalue weighted by molar-refractivity contribution is 7.99. The first-order valence-corrected chi connectivity index (χ1v) is 8.53. The number of fused-ring (bicyclic) bond motifs is 1. The van der Waals surface area contributed by atoms with Crippen LogP contribution >= 0.6 is 11.8 Å². The van der Waals surface area contributed by atoms with Crippen molar-refractivity contribution in [2.24, 2.45) is 0 Å². The maximum atomic E-state index is 11.7. The first kappa shape index (κ1) is 16.4. The number of aromatic nitrogens is 2. The molecule has 4 nitrogen and oxygen atoms in total. The van der Waals surface area contributed by atoms with Gasteiger partial charge in [-0.25, -0.2) is 4.98 Å². The van der Waals surface area contributed by atoms with Crippen LogP contribution in [-0.4, -0.2) is 27.8 Å². The number of nitrogens with one attached hydrogen (secondary N) is 1. The van der Waals surface area contributed by atoms with Crippen molar-refractivity contribution in [3.05, 3.63) is 24.3 Å². The molecular weight excluding hydrogens is 294 g/mol. The van der Waals surface area contributed by atoms with Gasteiger partial charge < -0.3 is 9.88 Å². The van der Waals surface area contributed by atoms with Gasteiger partial charge in [-0.2, -0.15) is 0 Å². The van der Waals surface area contributed by atoms with Crippen molar-refractivity contribution >= 4 is 28.7 Å². The van der Waals surface area contributed by atoms with Gasteiger partial charge in [0.2, 0.25) is 5.91 Å². The van der Waals surface area contributed by atoms with Gasteiger partial charge in [-0.3, -0.25) is 4.79 Å². The maximum Gasteiger partial charge on any atom is 0.231 e. The van der Waals surface area contributed by atoms with Gasteiger partial charge in [0, 0.05) is 6.54 Å². The Hall–Kier alpha value is -1.93. The Bertz CT molecular complexity index is 672. The molecule has 116 valence electrons. The topological polar surface area (TPSA) is 46.9 Å². The predicted molar refractivity (Wildman–Crippen MR) is 91.8 cm³/mol. The molecule has 2 rings (SSSR count). The molecule has 0 radical (unpaired) electrons. The lowest BCUT2D eigenvalue weighted by Crippen LogP contribution is -2.25. The molecule has 2 aromatic rings. The third-order valence-electron chi connectivity index (χ3n) is 3.32. The Morgan fingerprint density at radius 3 is 3.00 bits per heavy atom. The van der Waals surface area contributed by atoms with E-state index in [0.29, 0.717) is 5.75 Å². The minimum Gasteiger partial charge on any atom is -0.344 e. The Kier molecular flexibility index (Phi) is 6.35. The Labute approximate surface area is 135 Å². The average Bonchev–Trinajstić information content (AvgIpc) is 2.89. The molecule has 0 aliphatic carbocycles. The monoisotopic (exact) mass is 315 g/mol. The molecule has 0 fully saturated rings. The highest BCUT2D eigenvalue weighted by Gasteiger charge is 2.12. The van der Waals surface area contributed by atoms with Gasteiger partial charge in [-0.05, 0) is 18.6 Å². The number of aryl methyl sites for hydroxylation is 1. The van der Waals surface area contributed by atoms with Crippen molar-refractivity contribution in [3.8, 4) is 12.3 Å². The smallest absolute Gasteiger partial charge is 0.231 e. The second-order valence-electron chi connectivity index (χ2n) is 5.01. The SMILES string of the molecule is C#CCNC(=O)CSc1nc2ccccc2n1CCCCC. The fourth-order valence-electron chi connectivity index (χ4n) is 2.23. The van der Waals surface area contributed by atoms with Crippen molar-refractivity contribution < 1.29 is 4.79 Å².